The van der Waals surface area contributed by atoms with E-state index >= 15 is 4.39 Å². The van der Waals surface area contributed by atoms with Crippen LogP contribution in [0.1, 0.15) is 49.8 Å². The first-order valence-electron chi connectivity index (χ1n) is 10.2. The van der Waals surface area contributed by atoms with Gasteiger partial charge in [-0.25, -0.2) is 9.37 Å². The molecule has 0 bridgehead atoms. The number of H-pyrrole nitrogens is 1. The lowest BCUT2D eigenvalue weighted by Gasteiger charge is -2.32. The number of piperidine rings is 1. The van der Waals surface area contributed by atoms with Crippen LogP contribution in [0.25, 0.3) is 16.5 Å². The summed E-state index contributed by atoms with van der Waals surface area (Å²) < 4.78 is 15.0. The van der Waals surface area contributed by atoms with E-state index in [0.717, 1.165) is 52.0 Å². The molecule has 1 N–H and O–H groups in total. The highest BCUT2D eigenvalue weighted by atomic mass is 19.1. The largest absolute Gasteiger partial charge is 0.361 e. The average molecular weight is 390 g/mol. The Hall–Kier alpha value is -2.88. The smallest absolute Gasteiger partial charge is 0.131 e. The predicted molar refractivity (Wildman–Crippen MR) is 120 cm³/mol. The fraction of sp³-hybridized carbons (Fsp3) is 0.320. The number of benzene rings is 1. The van der Waals surface area contributed by atoms with Gasteiger partial charge in [0.1, 0.15) is 11.6 Å². The molecule has 0 aliphatic carbocycles. The number of aryl methyl sites for hydroxylation is 1. The molecule has 3 aromatic rings. The second kappa shape index (κ2) is 7.51. The molecule has 1 saturated heterocycles. The third-order valence-corrected chi connectivity index (χ3v) is 6.04. The molecule has 0 amide bonds. The summed E-state index contributed by atoms with van der Waals surface area (Å²) >= 11 is 0. The molecule has 0 spiro atoms. The van der Waals surface area contributed by atoms with Gasteiger partial charge in [-0.1, -0.05) is 26.5 Å². The Kier molecular flexibility index (Phi) is 5.03. The fourth-order valence-corrected chi connectivity index (χ4v) is 4.21. The van der Waals surface area contributed by atoms with Crippen molar-refractivity contribution in [2.75, 3.05) is 18.0 Å². The van der Waals surface area contributed by atoms with Gasteiger partial charge in [-0.05, 0) is 72.2 Å². The van der Waals surface area contributed by atoms with E-state index in [9.17, 15) is 0 Å². The summed E-state index contributed by atoms with van der Waals surface area (Å²) in [6, 6.07) is 7.82. The van der Waals surface area contributed by atoms with Gasteiger partial charge in [-0.2, -0.15) is 0 Å². The molecule has 150 valence electrons. The molecular weight excluding hydrogens is 361 g/mol. The normalized spacial score (nSPS) is 16.8. The maximum atomic E-state index is 15.0. The van der Waals surface area contributed by atoms with Gasteiger partial charge in [0.15, 0.2) is 0 Å². The quantitative estimate of drug-likeness (QED) is 0.564. The lowest BCUT2D eigenvalue weighted by Crippen LogP contribution is -2.33. The van der Waals surface area contributed by atoms with Gasteiger partial charge in [-0.15, -0.1) is 0 Å². The zero-order valence-corrected chi connectivity index (χ0v) is 17.6. The standard InChI is InChI=1S/C25H28FN3/c1-15(2)19-6-7-23(28-13-19)29-11-9-16(3)21(14-29)18(5)24-20-8-10-27-25(20)17(4)12-22(24)26/h6-8,10,12-13,15,27H,3,9,11,14H2,1-2,4-5H3/b21-18+. The minimum Gasteiger partial charge on any atom is -0.361 e. The minimum atomic E-state index is -0.177. The highest BCUT2D eigenvalue weighted by Crippen LogP contribution is 2.36. The SMILES string of the molecule is C=C1CCN(c2ccc(C(C)C)cn2)C/C1=C(/C)c1c(F)cc(C)c2[nH]ccc12. The summed E-state index contributed by atoms with van der Waals surface area (Å²) in [6.07, 6.45) is 4.69. The number of aromatic nitrogens is 2. The lowest BCUT2D eigenvalue weighted by atomic mass is 9.89. The second-order valence-electron chi connectivity index (χ2n) is 8.30. The molecule has 3 nitrogen and oxygen atoms in total. The molecule has 1 aliphatic rings. The monoisotopic (exact) mass is 389 g/mol. The highest BCUT2D eigenvalue weighted by molar-refractivity contribution is 5.95. The first-order valence-corrected chi connectivity index (χ1v) is 10.2. The molecule has 29 heavy (non-hydrogen) atoms. The molecule has 4 rings (SSSR count). The van der Waals surface area contributed by atoms with E-state index in [0.29, 0.717) is 18.0 Å². The van der Waals surface area contributed by atoms with Gasteiger partial charge >= 0.3 is 0 Å². The number of halogens is 1. The second-order valence-corrected chi connectivity index (χ2v) is 8.30. The van der Waals surface area contributed by atoms with Crippen LogP contribution in [-0.4, -0.2) is 23.1 Å². The Morgan fingerprint density at radius 2 is 2.07 bits per heavy atom. The van der Waals surface area contributed by atoms with Crippen LogP contribution < -0.4 is 4.90 Å². The molecule has 1 aliphatic heterocycles. The lowest BCUT2D eigenvalue weighted by molar-refractivity contribution is 0.624. The summed E-state index contributed by atoms with van der Waals surface area (Å²) in [5, 5.41) is 0.928. The number of nitrogens with one attached hydrogen (secondary N) is 1. The number of hydrogen-bond donors (Lipinski definition) is 1. The van der Waals surface area contributed by atoms with E-state index in [2.05, 4.69) is 47.4 Å². The van der Waals surface area contributed by atoms with E-state index in [1.54, 1.807) is 6.07 Å². The van der Waals surface area contributed by atoms with E-state index in [1.807, 2.05) is 32.3 Å². The van der Waals surface area contributed by atoms with Gasteiger partial charge in [0.2, 0.25) is 0 Å². The van der Waals surface area contributed by atoms with Crippen molar-refractivity contribution in [2.24, 2.45) is 0 Å². The van der Waals surface area contributed by atoms with Crippen LogP contribution in [0, 0.1) is 12.7 Å². The molecule has 0 radical (unpaired) electrons. The number of allylic oxidation sites excluding steroid dienone is 1. The number of anilines is 1. The first-order chi connectivity index (χ1) is 13.9. The highest BCUT2D eigenvalue weighted by Gasteiger charge is 2.23. The van der Waals surface area contributed by atoms with E-state index in [1.165, 1.54) is 5.56 Å². The number of fused-ring (bicyclic) bond motifs is 1. The number of aromatic amines is 1. The van der Waals surface area contributed by atoms with Gasteiger partial charge in [0.25, 0.3) is 0 Å². The average Bonchev–Trinajstić information content (AvgIpc) is 3.18. The zero-order valence-electron chi connectivity index (χ0n) is 17.6. The molecule has 0 saturated carbocycles. The third-order valence-electron chi connectivity index (χ3n) is 6.04. The van der Waals surface area contributed by atoms with Crippen molar-refractivity contribution in [3.63, 3.8) is 0 Å². The minimum absolute atomic E-state index is 0.177. The van der Waals surface area contributed by atoms with Crippen LogP contribution in [-0.2, 0) is 0 Å². The van der Waals surface area contributed by atoms with E-state index in [4.69, 9.17) is 0 Å². The van der Waals surface area contributed by atoms with Crippen molar-refractivity contribution < 1.29 is 4.39 Å². The van der Waals surface area contributed by atoms with Gasteiger partial charge < -0.3 is 9.88 Å². The molecule has 2 aromatic heterocycles. The molecule has 0 unspecified atom stereocenters. The number of nitrogens with zero attached hydrogens (tertiary/aromatic N) is 2. The maximum absolute atomic E-state index is 15.0. The Labute approximate surface area is 172 Å². The van der Waals surface area contributed by atoms with Crippen molar-refractivity contribution in [3.8, 4) is 0 Å². The van der Waals surface area contributed by atoms with Crippen molar-refractivity contribution in [2.45, 2.75) is 40.0 Å². The predicted octanol–water partition coefficient (Wildman–Crippen LogP) is 6.37. The van der Waals surface area contributed by atoms with E-state index in [-0.39, 0.29) is 5.82 Å². The zero-order chi connectivity index (χ0) is 20.7. The number of rotatable bonds is 3. The molecular formula is C25H28FN3. The molecule has 3 heterocycles. The maximum Gasteiger partial charge on any atom is 0.131 e. The molecule has 4 heteroatoms. The van der Waals surface area contributed by atoms with Gasteiger partial charge in [-0.3, -0.25) is 0 Å². The van der Waals surface area contributed by atoms with Crippen LogP contribution in [0.2, 0.25) is 0 Å². The van der Waals surface area contributed by atoms with E-state index < -0.39 is 0 Å². The van der Waals surface area contributed by atoms with Crippen LogP contribution in [0.4, 0.5) is 10.2 Å². The number of hydrogen-bond acceptors (Lipinski definition) is 2. The van der Waals surface area contributed by atoms with Crippen LogP contribution >= 0.6 is 0 Å². The Morgan fingerprint density at radius 3 is 2.76 bits per heavy atom. The summed E-state index contributed by atoms with van der Waals surface area (Å²) in [4.78, 5) is 10.2. The van der Waals surface area contributed by atoms with Gasteiger partial charge in [0.05, 0.1) is 0 Å². The van der Waals surface area contributed by atoms with Crippen LogP contribution in [0.15, 0.2) is 54.4 Å². The summed E-state index contributed by atoms with van der Waals surface area (Å²) in [5.41, 5.74) is 6.97. The topological polar surface area (TPSA) is 31.9 Å². The Morgan fingerprint density at radius 1 is 1.28 bits per heavy atom. The molecule has 1 fully saturated rings. The van der Waals surface area contributed by atoms with Crippen LogP contribution in [0.3, 0.4) is 0 Å². The Balaban J connectivity index is 1.74. The third kappa shape index (κ3) is 3.48. The molecule has 0 atom stereocenters. The van der Waals surface area contributed by atoms with Gasteiger partial charge in [0, 0.05) is 41.9 Å². The fourth-order valence-electron chi connectivity index (χ4n) is 4.21. The molecule has 1 aromatic carbocycles. The van der Waals surface area contributed by atoms with Crippen molar-refractivity contribution in [3.05, 3.63) is 76.9 Å². The van der Waals surface area contributed by atoms with Crippen molar-refractivity contribution >= 4 is 22.3 Å². The first kappa shape index (κ1) is 19.4. The van der Waals surface area contributed by atoms with Crippen molar-refractivity contribution in [1.82, 2.24) is 9.97 Å². The Bertz CT molecular complexity index is 1100. The van der Waals surface area contributed by atoms with Crippen molar-refractivity contribution in [1.29, 1.82) is 0 Å². The summed E-state index contributed by atoms with van der Waals surface area (Å²) in [6.45, 7) is 14.1. The van der Waals surface area contributed by atoms with Crippen LogP contribution in [0.5, 0.6) is 0 Å². The summed E-state index contributed by atoms with van der Waals surface area (Å²) in [7, 11) is 0. The number of pyridine rings is 1. The summed E-state index contributed by atoms with van der Waals surface area (Å²) in [5.74, 6) is 1.25.